The fourth-order valence-electron chi connectivity index (χ4n) is 3.47. The lowest BCUT2D eigenvalue weighted by Gasteiger charge is -2.29. The van der Waals surface area contributed by atoms with Crippen LogP contribution in [0.1, 0.15) is 13.8 Å². The zero-order valence-electron chi connectivity index (χ0n) is 19.3. The summed E-state index contributed by atoms with van der Waals surface area (Å²) in [5, 5.41) is 0.254. The predicted molar refractivity (Wildman–Crippen MR) is 136 cm³/mol. The van der Waals surface area contributed by atoms with E-state index in [1.165, 1.54) is 24.3 Å². The number of benzene rings is 2. The SMILES string of the molecule is C[C@@H](CCl)COc1c(Cl)cc(S(=O)(=O)c2ccc(OC[C@H](C)CN3CCOCC3)cc2)cc1Cl. The highest BCUT2D eigenvalue weighted by atomic mass is 35.5. The van der Waals surface area contributed by atoms with Gasteiger partial charge in [0.1, 0.15) is 5.75 Å². The van der Waals surface area contributed by atoms with Gasteiger partial charge in [0.15, 0.2) is 5.75 Å². The number of morpholine rings is 1. The van der Waals surface area contributed by atoms with E-state index in [4.69, 9.17) is 49.0 Å². The molecule has 0 amide bonds. The number of hydrogen-bond donors (Lipinski definition) is 0. The van der Waals surface area contributed by atoms with Crippen molar-refractivity contribution in [3.63, 3.8) is 0 Å². The molecule has 1 saturated heterocycles. The smallest absolute Gasteiger partial charge is 0.206 e. The Hall–Kier alpha value is -1.22. The average molecular weight is 551 g/mol. The number of sulfone groups is 1. The second kappa shape index (κ2) is 12.7. The summed E-state index contributed by atoms with van der Waals surface area (Å²) in [7, 11) is -3.82. The maximum Gasteiger partial charge on any atom is 0.206 e. The topological polar surface area (TPSA) is 65.1 Å². The van der Waals surface area contributed by atoms with Crippen LogP contribution in [0.15, 0.2) is 46.2 Å². The van der Waals surface area contributed by atoms with Gasteiger partial charge in [-0.2, -0.15) is 0 Å². The summed E-state index contributed by atoms with van der Waals surface area (Å²) in [5.41, 5.74) is 0. The van der Waals surface area contributed by atoms with Gasteiger partial charge in [-0.05, 0) is 36.4 Å². The number of alkyl halides is 1. The zero-order valence-corrected chi connectivity index (χ0v) is 22.4. The Morgan fingerprint density at radius 2 is 1.53 bits per heavy atom. The van der Waals surface area contributed by atoms with Gasteiger partial charge in [-0.25, -0.2) is 8.42 Å². The number of hydrogen-bond acceptors (Lipinski definition) is 6. The molecular formula is C24H30Cl3NO5S. The quantitative estimate of drug-likeness (QED) is 0.348. The van der Waals surface area contributed by atoms with Crippen molar-refractivity contribution in [2.45, 2.75) is 23.6 Å². The Balaban J connectivity index is 1.63. The molecule has 34 heavy (non-hydrogen) atoms. The zero-order chi connectivity index (χ0) is 24.7. The summed E-state index contributed by atoms with van der Waals surface area (Å²) >= 11 is 18.4. The first-order valence-electron chi connectivity index (χ1n) is 11.2. The lowest BCUT2D eigenvalue weighted by molar-refractivity contribution is 0.0283. The second-order valence-corrected chi connectivity index (χ2v) is 11.7. The normalized spacial score (nSPS) is 16.7. The van der Waals surface area contributed by atoms with Crippen LogP contribution >= 0.6 is 34.8 Å². The highest BCUT2D eigenvalue weighted by Gasteiger charge is 2.22. The van der Waals surface area contributed by atoms with E-state index in [9.17, 15) is 8.42 Å². The van der Waals surface area contributed by atoms with Crippen LogP contribution in [0.25, 0.3) is 0 Å². The molecule has 0 N–H and O–H groups in total. The molecule has 0 spiro atoms. The maximum atomic E-state index is 13.1. The first-order chi connectivity index (χ1) is 16.2. The number of ether oxygens (including phenoxy) is 3. The molecule has 0 bridgehead atoms. The van der Waals surface area contributed by atoms with Crippen LogP contribution in [0.3, 0.4) is 0 Å². The van der Waals surface area contributed by atoms with Gasteiger partial charge in [0.05, 0.1) is 46.3 Å². The molecule has 0 aromatic heterocycles. The van der Waals surface area contributed by atoms with Gasteiger partial charge in [-0.1, -0.05) is 37.0 Å². The Bertz CT molecular complexity index is 1020. The van der Waals surface area contributed by atoms with Crippen LogP contribution < -0.4 is 9.47 Å². The van der Waals surface area contributed by atoms with Gasteiger partial charge in [0, 0.05) is 37.4 Å². The standard InChI is InChI=1S/C24H30Cl3NO5S/c1-17(13-25)15-33-24-22(26)11-21(12-23(24)27)34(29,30)20-5-3-19(4-6-20)32-16-18(2)14-28-7-9-31-10-8-28/h3-6,11-12,17-18H,7-10,13-16H2,1-2H3/t17-,18+/m0/s1. The molecule has 1 aliphatic rings. The monoisotopic (exact) mass is 549 g/mol. The minimum atomic E-state index is -3.82. The van der Waals surface area contributed by atoms with E-state index in [0.717, 1.165) is 32.8 Å². The fourth-order valence-corrected chi connectivity index (χ4v) is 5.59. The Labute approximate surface area is 216 Å². The summed E-state index contributed by atoms with van der Waals surface area (Å²) in [5.74, 6) is 1.71. The minimum Gasteiger partial charge on any atom is -0.493 e. The minimum absolute atomic E-state index is 0.00644. The average Bonchev–Trinajstić information content (AvgIpc) is 2.82. The molecular weight excluding hydrogens is 521 g/mol. The fraction of sp³-hybridized carbons (Fsp3) is 0.500. The predicted octanol–water partition coefficient (Wildman–Crippen LogP) is 5.43. The van der Waals surface area contributed by atoms with Crippen LogP contribution in [0.2, 0.25) is 10.0 Å². The van der Waals surface area contributed by atoms with E-state index in [1.54, 1.807) is 12.1 Å². The van der Waals surface area contributed by atoms with Crippen molar-refractivity contribution in [1.82, 2.24) is 4.90 Å². The van der Waals surface area contributed by atoms with Crippen molar-refractivity contribution in [2.75, 3.05) is 51.9 Å². The summed E-state index contributed by atoms with van der Waals surface area (Å²) in [4.78, 5) is 2.48. The Kier molecular flexibility index (Phi) is 10.2. The molecule has 1 fully saturated rings. The third kappa shape index (κ3) is 7.39. The van der Waals surface area contributed by atoms with E-state index in [-0.39, 0.29) is 31.5 Å². The number of halogens is 3. The lowest BCUT2D eigenvalue weighted by Crippen LogP contribution is -2.39. The third-order valence-electron chi connectivity index (χ3n) is 5.40. The highest BCUT2D eigenvalue weighted by Crippen LogP contribution is 2.37. The van der Waals surface area contributed by atoms with E-state index >= 15 is 0 Å². The molecule has 0 radical (unpaired) electrons. The molecule has 1 aliphatic heterocycles. The van der Waals surface area contributed by atoms with Gasteiger partial charge in [-0.15, -0.1) is 11.6 Å². The molecule has 3 rings (SSSR count). The number of rotatable bonds is 11. The van der Waals surface area contributed by atoms with Crippen molar-refractivity contribution in [2.24, 2.45) is 11.8 Å². The summed E-state index contributed by atoms with van der Waals surface area (Å²) in [6.07, 6.45) is 0. The van der Waals surface area contributed by atoms with Crippen molar-refractivity contribution in [1.29, 1.82) is 0 Å². The van der Waals surface area contributed by atoms with Crippen LogP contribution in [0.5, 0.6) is 11.5 Å². The molecule has 0 saturated carbocycles. The second-order valence-electron chi connectivity index (χ2n) is 8.59. The van der Waals surface area contributed by atoms with E-state index in [2.05, 4.69) is 11.8 Å². The summed E-state index contributed by atoms with van der Waals surface area (Å²) in [6.45, 7) is 9.25. The van der Waals surface area contributed by atoms with Crippen molar-refractivity contribution in [3.05, 3.63) is 46.4 Å². The van der Waals surface area contributed by atoms with Crippen molar-refractivity contribution >= 4 is 44.6 Å². The molecule has 2 aromatic rings. The van der Waals surface area contributed by atoms with Gasteiger partial charge >= 0.3 is 0 Å². The van der Waals surface area contributed by atoms with E-state index in [1.807, 2.05) is 6.92 Å². The third-order valence-corrected chi connectivity index (χ3v) is 8.24. The summed E-state index contributed by atoms with van der Waals surface area (Å²) < 4.78 is 43.1. The molecule has 2 aromatic carbocycles. The van der Waals surface area contributed by atoms with E-state index in [0.29, 0.717) is 30.8 Å². The largest absolute Gasteiger partial charge is 0.493 e. The van der Waals surface area contributed by atoms with Crippen molar-refractivity contribution in [3.8, 4) is 11.5 Å². The van der Waals surface area contributed by atoms with Gasteiger partial charge in [-0.3, -0.25) is 4.90 Å². The van der Waals surface area contributed by atoms with E-state index < -0.39 is 9.84 Å². The van der Waals surface area contributed by atoms with Crippen LogP contribution in [-0.4, -0.2) is 65.3 Å². The molecule has 2 atom stereocenters. The van der Waals surface area contributed by atoms with Gasteiger partial charge in [0.2, 0.25) is 9.84 Å². The van der Waals surface area contributed by atoms with Crippen LogP contribution in [0, 0.1) is 11.8 Å². The molecule has 10 heteroatoms. The molecule has 1 heterocycles. The molecule has 188 valence electrons. The molecule has 0 aliphatic carbocycles. The van der Waals surface area contributed by atoms with Gasteiger partial charge in [0.25, 0.3) is 0 Å². The first-order valence-corrected chi connectivity index (χ1v) is 13.9. The maximum absolute atomic E-state index is 13.1. The molecule has 6 nitrogen and oxygen atoms in total. The summed E-state index contributed by atoms with van der Waals surface area (Å²) in [6, 6.07) is 9.05. The van der Waals surface area contributed by atoms with Crippen LogP contribution in [0.4, 0.5) is 0 Å². The van der Waals surface area contributed by atoms with Gasteiger partial charge < -0.3 is 14.2 Å². The lowest BCUT2D eigenvalue weighted by atomic mass is 10.2. The van der Waals surface area contributed by atoms with Crippen LogP contribution in [-0.2, 0) is 14.6 Å². The Morgan fingerprint density at radius 3 is 2.12 bits per heavy atom. The Morgan fingerprint density at radius 1 is 0.941 bits per heavy atom. The first kappa shape index (κ1) is 27.4. The molecule has 0 unspecified atom stereocenters. The van der Waals surface area contributed by atoms with Crippen molar-refractivity contribution < 1.29 is 22.6 Å². The highest BCUT2D eigenvalue weighted by molar-refractivity contribution is 7.91. The number of nitrogens with zero attached hydrogens (tertiary/aromatic N) is 1.